The second-order valence-electron chi connectivity index (χ2n) is 4.13. The molecule has 0 saturated carbocycles. The molecule has 0 saturated heterocycles. The van der Waals surface area contributed by atoms with Gasteiger partial charge in [-0.05, 0) is 6.42 Å². The summed E-state index contributed by atoms with van der Waals surface area (Å²) in [7, 11) is 0. The lowest BCUT2D eigenvalue weighted by Crippen LogP contribution is -2.24. The Morgan fingerprint density at radius 3 is 2.00 bits per heavy atom. The van der Waals surface area contributed by atoms with E-state index in [1.54, 1.807) is 0 Å². The average Bonchev–Trinajstić information content (AvgIpc) is 2.21. The van der Waals surface area contributed by atoms with E-state index in [9.17, 15) is 9.18 Å². The number of unbranched alkanes of at least 4 members (excludes halogenated alkanes) is 7. The molecule has 0 bridgehead atoms. The number of nitrogens with two attached hydrogens (primary N) is 1. The van der Waals surface area contributed by atoms with Crippen LogP contribution < -0.4 is 5.73 Å². The van der Waals surface area contributed by atoms with Crippen LogP contribution >= 0.6 is 0 Å². The summed E-state index contributed by atoms with van der Waals surface area (Å²) < 4.78 is 12.7. The monoisotopic (exact) mass is 217 g/mol. The van der Waals surface area contributed by atoms with Crippen LogP contribution in [0.2, 0.25) is 0 Å². The zero-order valence-corrected chi connectivity index (χ0v) is 9.80. The molecule has 0 rings (SSSR count). The third-order valence-electron chi connectivity index (χ3n) is 2.62. The normalized spacial score (nSPS) is 12.7. The standard InChI is InChI=1S/C12H24FNO/c1-2-3-4-5-6-7-8-9-10-11(13)12(14)15/h11H,2-10H2,1H3,(H2,14,15). The first-order chi connectivity index (χ1) is 7.18. The molecule has 0 heterocycles. The molecule has 0 aliphatic rings. The van der Waals surface area contributed by atoms with E-state index >= 15 is 0 Å². The summed E-state index contributed by atoms with van der Waals surface area (Å²) in [4.78, 5) is 10.4. The van der Waals surface area contributed by atoms with E-state index in [1.807, 2.05) is 0 Å². The van der Waals surface area contributed by atoms with E-state index in [0.717, 1.165) is 19.3 Å². The maximum Gasteiger partial charge on any atom is 0.251 e. The van der Waals surface area contributed by atoms with Gasteiger partial charge >= 0.3 is 0 Å². The number of hydrogen-bond donors (Lipinski definition) is 1. The van der Waals surface area contributed by atoms with Crippen molar-refractivity contribution >= 4 is 5.91 Å². The Balaban J connectivity index is 3.08. The van der Waals surface area contributed by atoms with E-state index in [0.29, 0.717) is 6.42 Å². The van der Waals surface area contributed by atoms with Crippen molar-refractivity contribution in [3.8, 4) is 0 Å². The summed E-state index contributed by atoms with van der Waals surface area (Å²) in [6, 6.07) is 0. The van der Waals surface area contributed by atoms with Crippen LogP contribution in [0.5, 0.6) is 0 Å². The Kier molecular flexibility index (Phi) is 9.54. The Morgan fingerprint density at radius 1 is 1.07 bits per heavy atom. The Morgan fingerprint density at radius 2 is 1.53 bits per heavy atom. The van der Waals surface area contributed by atoms with Crippen LogP contribution in [-0.4, -0.2) is 12.1 Å². The first kappa shape index (κ1) is 14.4. The molecule has 1 atom stereocenters. The summed E-state index contributed by atoms with van der Waals surface area (Å²) in [5.74, 6) is -0.821. The summed E-state index contributed by atoms with van der Waals surface area (Å²) in [5.41, 5.74) is 4.82. The van der Waals surface area contributed by atoms with Crippen molar-refractivity contribution in [2.45, 2.75) is 70.9 Å². The molecule has 0 aromatic heterocycles. The van der Waals surface area contributed by atoms with Crippen molar-refractivity contribution in [3.63, 3.8) is 0 Å². The van der Waals surface area contributed by atoms with Gasteiger partial charge in [-0.15, -0.1) is 0 Å². The molecular formula is C12H24FNO. The lowest BCUT2D eigenvalue weighted by atomic mass is 10.1. The third kappa shape index (κ3) is 9.70. The number of halogens is 1. The largest absolute Gasteiger partial charge is 0.367 e. The molecule has 0 radical (unpaired) electrons. The van der Waals surface area contributed by atoms with E-state index < -0.39 is 12.1 Å². The fraction of sp³-hybridized carbons (Fsp3) is 0.917. The molecule has 0 spiro atoms. The quantitative estimate of drug-likeness (QED) is 0.560. The number of amides is 1. The molecule has 0 aromatic carbocycles. The maximum absolute atomic E-state index is 12.7. The molecule has 0 aliphatic carbocycles. The van der Waals surface area contributed by atoms with Gasteiger partial charge in [-0.25, -0.2) is 4.39 Å². The summed E-state index contributed by atoms with van der Waals surface area (Å²) in [5, 5.41) is 0. The van der Waals surface area contributed by atoms with Gasteiger partial charge < -0.3 is 5.73 Å². The highest BCUT2D eigenvalue weighted by Gasteiger charge is 2.11. The van der Waals surface area contributed by atoms with Crippen LogP contribution in [0.3, 0.4) is 0 Å². The van der Waals surface area contributed by atoms with Crippen LogP contribution in [-0.2, 0) is 4.79 Å². The van der Waals surface area contributed by atoms with E-state index in [-0.39, 0.29) is 0 Å². The molecule has 15 heavy (non-hydrogen) atoms. The van der Waals surface area contributed by atoms with Gasteiger partial charge in [0.1, 0.15) is 0 Å². The number of carbonyl (C=O) groups excluding carboxylic acids is 1. The van der Waals surface area contributed by atoms with E-state index in [4.69, 9.17) is 5.73 Å². The van der Waals surface area contributed by atoms with Gasteiger partial charge in [0, 0.05) is 0 Å². The minimum Gasteiger partial charge on any atom is -0.367 e. The van der Waals surface area contributed by atoms with Crippen LogP contribution in [0.15, 0.2) is 0 Å². The zero-order chi connectivity index (χ0) is 11.5. The fourth-order valence-electron chi connectivity index (χ4n) is 1.60. The second-order valence-corrected chi connectivity index (χ2v) is 4.13. The Bertz CT molecular complexity index is 162. The maximum atomic E-state index is 12.7. The van der Waals surface area contributed by atoms with Crippen LogP contribution in [0.25, 0.3) is 0 Å². The third-order valence-corrected chi connectivity index (χ3v) is 2.62. The van der Waals surface area contributed by atoms with Gasteiger partial charge in [0.2, 0.25) is 0 Å². The van der Waals surface area contributed by atoms with Gasteiger partial charge in [-0.2, -0.15) is 0 Å². The Labute approximate surface area is 92.4 Å². The van der Waals surface area contributed by atoms with Crippen molar-refractivity contribution in [2.24, 2.45) is 5.73 Å². The minimum absolute atomic E-state index is 0.296. The topological polar surface area (TPSA) is 43.1 Å². The lowest BCUT2D eigenvalue weighted by Gasteiger charge is -2.03. The van der Waals surface area contributed by atoms with Crippen LogP contribution in [0.1, 0.15) is 64.7 Å². The molecule has 3 heteroatoms. The van der Waals surface area contributed by atoms with Gasteiger partial charge in [0.25, 0.3) is 5.91 Å². The molecule has 0 fully saturated rings. The van der Waals surface area contributed by atoms with Crippen molar-refractivity contribution in [1.29, 1.82) is 0 Å². The molecule has 1 amide bonds. The van der Waals surface area contributed by atoms with Crippen molar-refractivity contribution in [2.75, 3.05) is 0 Å². The SMILES string of the molecule is CCCCCCCCCCC(F)C(N)=O. The molecule has 90 valence electrons. The number of carbonyl (C=O) groups is 1. The first-order valence-corrected chi connectivity index (χ1v) is 6.12. The van der Waals surface area contributed by atoms with Crippen LogP contribution in [0.4, 0.5) is 4.39 Å². The molecule has 0 aliphatic heterocycles. The summed E-state index contributed by atoms with van der Waals surface area (Å²) in [6.45, 7) is 2.20. The minimum atomic E-state index is -1.44. The lowest BCUT2D eigenvalue weighted by molar-refractivity contribution is -0.122. The predicted molar refractivity (Wildman–Crippen MR) is 61.3 cm³/mol. The molecule has 0 aromatic rings. The molecular weight excluding hydrogens is 193 g/mol. The number of primary amides is 1. The Hall–Kier alpha value is -0.600. The van der Waals surface area contributed by atoms with Gasteiger partial charge in [-0.1, -0.05) is 58.3 Å². The highest BCUT2D eigenvalue weighted by molar-refractivity contribution is 5.78. The number of alkyl halides is 1. The number of rotatable bonds is 10. The first-order valence-electron chi connectivity index (χ1n) is 6.12. The average molecular weight is 217 g/mol. The van der Waals surface area contributed by atoms with E-state index in [2.05, 4.69) is 6.92 Å². The van der Waals surface area contributed by atoms with Crippen molar-refractivity contribution < 1.29 is 9.18 Å². The van der Waals surface area contributed by atoms with Gasteiger partial charge in [0.05, 0.1) is 0 Å². The fourth-order valence-corrected chi connectivity index (χ4v) is 1.60. The van der Waals surface area contributed by atoms with E-state index in [1.165, 1.54) is 32.1 Å². The van der Waals surface area contributed by atoms with Gasteiger partial charge in [0.15, 0.2) is 6.17 Å². The summed E-state index contributed by atoms with van der Waals surface area (Å²) >= 11 is 0. The highest BCUT2D eigenvalue weighted by Crippen LogP contribution is 2.11. The van der Waals surface area contributed by atoms with Crippen LogP contribution in [0, 0.1) is 0 Å². The predicted octanol–water partition coefficient (Wildman–Crippen LogP) is 3.34. The summed E-state index contributed by atoms with van der Waals surface area (Å²) in [6.07, 6.45) is 8.19. The molecule has 2 N–H and O–H groups in total. The van der Waals surface area contributed by atoms with Crippen molar-refractivity contribution in [1.82, 2.24) is 0 Å². The second kappa shape index (κ2) is 9.94. The zero-order valence-electron chi connectivity index (χ0n) is 9.80. The van der Waals surface area contributed by atoms with Gasteiger partial charge in [-0.3, -0.25) is 4.79 Å². The highest BCUT2D eigenvalue weighted by atomic mass is 19.1. The number of hydrogen-bond acceptors (Lipinski definition) is 1. The van der Waals surface area contributed by atoms with Crippen molar-refractivity contribution in [3.05, 3.63) is 0 Å². The molecule has 1 unspecified atom stereocenters. The molecule has 2 nitrogen and oxygen atoms in total. The smallest absolute Gasteiger partial charge is 0.251 e.